The largest absolute Gasteiger partial charge is 0.481 e. The molecule has 5 nitrogen and oxygen atoms in total. The number of carboxylic acid groups (broad SMARTS) is 1. The average Bonchev–Trinajstić information content (AvgIpc) is 2.54. The lowest BCUT2D eigenvalue weighted by Gasteiger charge is -2.00. The van der Waals surface area contributed by atoms with E-state index in [1.165, 1.54) is 12.2 Å². The van der Waals surface area contributed by atoms with Crippen molar-refractivity contribution in [1.82, 2.24) is 4.37 Å². The van der Waals surface area contributed by atoms with Gasteiger partial charge in [-0.2, -0.15) is 0 Å². The normalized spacial score (nSPS) is 19.2. The Hall–Kier alpha value is -1.95. The molecule has 2 rings (SSSR count). The third kappa shape index (κ3) is 2.17. The van der Waals surface area contributed by atoms with Crippen molar-refractivity contribution in [3.8, 4) is 0 Å². The van der Waals surface area contributed by atoms with E-state index < -0.39 is 16.8 Å². The van der Waals surface area contributed by atoms with Gasteiger partial charge in [-0.3, -0.25) is 4.79 Å². The summed E-state index contributed by atoms with van der Waals surface area (Å²) in [6.45, 7) is 0. The molecular weight excluding hydrogens is 230 g/mol. The highest BCUT2D eigenvalue weighted by Gasteiger charge is 2.15. The Labute approximate surface area is 94.2 Å². The lowest BCUT2D eigenvalue weighted by molar-refractivity contribution is -0.138. The summed E-state index contributed by atoms with van der Waals surface area (Å²) in [7, 11) is 0. The van der Waals surface area contributed by atoms with Crippen LogP contribution in [-0.2, 0) is 4.79 Å². The van der Waals surface area contributed by atoms with Crippen LogP contribution in [0.2, 0.25) is 0 Å². The van der Waals surface area contributed by atoms with Gasteiger partial charge in [-0.1, -0.05) is 24.3 Å². The van der Waals surface area contributed by atoms with E-state index in [9.17, 15) is 9.59 Å². The summed E-state index contributed by atoms with van der Waals surface area (Å²) in [5.41, 5.74) is 0.496. The molecule has 82 valence electrons. The van der Waals surface area contributed by atoms with Crippen molar-refractivity contribution in [1.29, 1.82) is 0 Å². The van der Waals surface area contributed by atoms with Gasteiger partial charge in [0.1, 0.15) is 0 Å². The van der Waals surface area contributed by atoms with Crippen molar-refractivity contribution < 1.29 is 14.3 Å². The van der Waals surface area contributed by atoms with E-state index in [0.29, 0.717) is 17.1 Å². The van der Waals surface area contributed by atoms with Crippen LogP contribution >= 0.6 is 11.5 Å². The first kappa shape index (κ1) is 10.6. The molecule has 0 amide bonds. The van der Waals surface area contributed by atoms with Crippen molar-refractivity contribution in [3.05, 3.63) is 46.0 Å². The first-order valence-corrected chi connectivity index (χ1v) is 5.21. The minimum atomic E-state index is -0.963. The van der Waals surface area contributed by atoms with Crippen LogP contribution in [0.3, 0.4) is 0 Å². The van der Waals surface area contributed by atoms with Gasteiger partial charge in [-0.25, -0.2) is 4.79 Å². The molecule has 1 aromatic heterocycles. The molecular formula is C10H7NO4S. The fourth-order valence-corrected chi connectivity index (χ4v) is 1.67. The van der Waals surface area contributed by atoms with Crippen LogP contribution in [0, 0.1) is 5.92 Å². The molecule has 1 aromatic rings. The van der Waals surface area contributed by atoms with Gasteiger partial charge in [0.2, 0.25) is 5.89 Å². The number of rotatable bonds is 2. The second kappa shape index (κ2) is 4.28. The zero-order chi connectivity index (χ0) is 11.5. The minimum Gasteiger partial charge on any atom is -0.481 e. The van der Waals surface area contributed by atoms with Crippen molar-refractivity contribution >= 4 is 23.1 Å². The molecule has 0 spiro atoms. The zero-order valence-corrected chi connectivity index (χ0v) is 8.81. The van der Waals surface area contributed by atoms with Crippen LogP contribution in [0.25, 0.3) is 5.57 Å². The van der Waals surface area contributed by atoms with Gasteiger partial charge in [0, 0.05) is 5.57 Å². The van der Waals surface area contributed by atoms with Crippen molar-refractivity contribution in [2.75, 3.05) is 0 Å². The first-order chi connectivity index (χ1) is 7.66. The maximum Gasteiger partial charge on any atom is 0.414 e. The van der Waals surface area contributed by atoms with E-state index in [1.807, 2.05) is 0 Å². The molecule has 0 aromatic carbocycles. The standard InChI is InChI=1S/C10H7NO4S/c12-9(13)7-4-2-1-3-6(5-7)8-11-16-10(14)15-8/h1-5,7H,(H,12,13). The number of hydrogen-bond donors (Lipinski definition) is 1. The monoisotopic (exact) mass is 237 g/mol. The summed E-state index contributed by atoms with van der Waals surface area (Å²) >= 11 is 0.700. The van der Waals surface area contributed by atoms with Crippen LogP contribution in [-0.4, -0.2) is 15.4 Å². The summed E-state index contributed by atoms with van der Waals surface area (Å²) in [6, 6.07) is 0. The van der Waals surface area contributed by atoms with E-state index in [1.54, 1.807) is 18.2 Å². The molecule has 1 atom stereocenters. The summed E-state index contributed by atoms with van der Waals surface area (Å²) in [4.78, 5) is 21.2. The second-order valence-corrected chi connectivity index (χ2v) is 3.77. The second-order valence-electron chi connectivity index (χ2n) is 3.07. The van der Waals surface area contributed by atoms with E-state index in [4.69, 9.17) is 9.52 Å². The summed E-state index contributed by atoms with van der Waals surface area (Å²) in [5.74, 6) is -1.55. The Morgan fingerprint density at radius 2 is 2.31 bits per heavy atom. The number of aliphatic carboxylic acids is 1. The van der Waals surface area contributed by atoms with Crippen molar-refractivity contribution in [2.45, 2.75) is 0 Å². The van der Waals surface area contributed by atoms with Crippen LogP contribution in [0.4, 0.5) is 0 Å². The highest BCUT2D eigenvalue weighted by atomic mass is 32.1. The Kier molecular flexibility index (Phi) is 2.82. The molecule has 0 saturated carbocycles. The summed E-state index contributed by atoms with van der Waals surface area (Å²) in [5, 5.41) is 8.90. The van der Waals surface area contributed by atoms with Gasteiger partial charge >= 0.3 is 10.9 Å². The lowest BCUT2D eigenvalue weighted by Crippen LogP contribution is -2.07. The minimum absolute atomic E-state index is 0.154. The zero-order valence-electron chi connectivity index (χ0n) is 7.99. The molecule has 1 unspecified atom stereocenters. The number of hydrogen-bond acceptors (Lipinski definition) is 5. The molecule has 0 aliphatic heterocycles. The molecule has 1 heterocycles. The Morgan fingerprint density at radius 3 is 2.94 bits per heavy atom. The molecule has 0 fully saturated rings. The molecule has 0 bridgehead atoms. The van der Waals surface area contributed by atoms with Gasteiger partial charge in [-0.05, 0) is 6.08 Å². The van der Waals surface area contributed by atoms with Gasteiger partial charge in [0.05, 0.1) is 17.5 Å². The first-order valence-electron chi connectivity index (χ1n) is 4.43. The van der Waals surface area contributed by atoms with Crippen LogP contribution in [0.1, 0.15) is 5.89 Å². The fourth-order valence-electron chi connectivity index (χ4n) is 1.25. The maximum atomic E-state index is 10.9. The Morgan fingerprint density at radius 1 is 1.50 bits per heavy atom. The van der Waals surface area contributed by atoms with E-state index in [2.05, 4.69) is 4.37 Å². The lowest BCUT2D eigenvalue weighted by atomic mass is 10.1. The third-order valence-electron chi connectivity index (χ3n) is 1.98. The number of carboxylic acids is 1. The molecule has 0 saturated heterocycles. The predicted octanol–water partition coefficient (Wildman–Crippen LogP) is 1.31. The highest BCUT2D eigenvalue weighted by molar-refractivity contribution is 7.02. The van der Waals surface area contributed by atoms with Crippen molar-refractivity contribution in [2.24, 2.45) is 5.92 Å². The quantitative estimate of drug-likeness (QED) is 0.838. The highest BCUT2D eigenvalue weighted by Crippen LogP contribution is 2.19. The van der Waals surface area contributed by atoms with Gasteiger partial charge in [-0.15, -0.1) is 4.37 Å². The molecule has 1 aliphatic carbocycles. The van der Waals surface area contributed by atoms with Gasteiger partial charge < -0.3 is 9.52 Å². The predicted molar refractivity (Wildman–Crippen MR) is 58.0 cm³/mol. The topological polar surface area (TPSA) is 80.4 Å². The number of nitrogens with zero attached hydrogens (tertiary/aromatic N) is 1. The smallest absolute Gasteiger partial charge is 0.414 e. The third-order valence-corrected chi connectivity index (χ3v) is 2.47. The molecule has 6 heteroatoms. The summed E-state index contributed by atoms with van der Waals surface area (Å²) < 4.78 is 8.62. The van der Waals surface area contributed by atoms with E-state index in [-0.39, 0.29) is 5.89 Å². The number of aromatic nitrogens is 1. The Bertz CT molecular complexity index is 549. The van der Waals surface area contributed by atoms with Crippen LogP contribution in [0.15, 0.2) is 39.6 Å². The van der Waals surface area contributed by atoms with Crippen LogP contribution in [0.5, 0.6) is 0 Å². The van der Waals surface area contributed by atoms with Gasteiger partial charge in [0.15, 0.2) is 0 Å². The molecule has 1 aliphatic rings. The van der Waals surface area contributed by atoms with Crippen molar-refractivity contribution in [3.63, 3.8) is 0 Å². The van der Waals surface area contributed by atoms with E-state index >= 15 is 0 Å². The molecule has 1 N–H and O–H groups in total. The molecule has 0 radical (unpaired) electrons. The number of allylic oxidation sites excluding steroid dienone is 4. The summed E-state index contributed by atoms with van der Waals surface area (Å²) in [6.07, 6.45) is 7.98. The molecule has 16 heavy (non-hydrogen) atoms. The Balaban J connectivity index is 2.40. The van der Waals surface area contributed by atoms with Gasteiger partial charge in [0.25, 0.3) is 0 Å². The maximum absolute atomic E-state index is 10.9. The average molecular weight is 237 g/mol. The number of carbonyl (C=O) groups is 1. The van der Waals surface area contributed by atoms with E-state index in [0.717, 1.165) is 0 Å². The fraction of sp³-hybridized carbons (Fsp3) is 0.100. The van der Waals surface area contributed by atoms with Crippen LogP contribution < -0.4 is 4.94 Å². The SMILES string of the molecule is O=C(O)C1C=CC=CC(c2nsc(=O)o2)=C1.